The molecular formula is C17H27BrN4O3. The highest BCUT2D eigenvalue weighted by atomic mass is 79.9. The van der Waals surface area contributed by atoms with Crippen LogP contribution in [0, 0.1) is 0 Å². The molecule has 2 N–H and O–H groups in total. The summed E-state index contributed by atoms with van der Waals surface area (Å²) in [5.74, 6) is 2.17. The average Bonchev–Trinajstić information content (AvgIpc) is 2.64. The number of nitrogens with zero attached hydrogens (tertiary/aromatic N) is 2. The molecule has 7 nitrogen and oxygen atoms in total. The normalized spacial score (nSPS) is 15.8. The zero-order valence-corrected chi connectivity index (χ0v) is 16.7. The number of methoxy groups -OCH3 is 2. The molecule has 1 aromatic carbocycles. The molecule has 0 aliphatic carbocycles. The molecule has 140 valence electrons. The minimum atomic E-state index is 0.635. The molecule has 8 heteroatoms. The molecule has 0 bridgehead atoms. The van der Waals surface area contributed by atoms with Crippen LogP contribution in [0.25, 0.3) is 0 Å². The van der Waals surface area contributed by atoms with Gasteiger partial charge in [-0.25, -0.2) is 0 Å². The molecule has 2 rings (SSSR count). The second-order valence-electron chi connectivity index (χ2n) is 5.62. The van der Waals surface area contributed by atoms with Crippen molar-refractivity contribution >= 4 is 21.9 Å². The molecule has 1 aliphatic heterocycles. The average molecular weight is 415 g/mol. The van der Waals surface area contributed by atoms with E-state index in [2.05, 4.69) is 36.5 Å². The van der Waals surface area contributed by atoms with Crippen molar-refractivity contribution in [2.75, 3.05) is 60.7 Å². The first-order valence-corrected chi connectivity index (χ1v) is 9.12. The van der Waals surface area contributed by atoms with Gasteiger partial charge in [0.1, 0.15) is 0 Å². The van der Waals surface area contributed by atoms with Gasteiger partial charge in [0.25, 0.3) is 0 Å². The molecular weight excluding hydrogens is 388 g/mol. The quantitative estimate of drug-likeness (QED) is 0.520. The van der Waals surface area contributed by atoms with Gasteiger partial charge in [0.15, 0.2) is 17.5 Å². The van der Waals surface area contributed by atoms with E-state index < -0.39 is 0 Å². The van der Waals surface area contributed by atoms with Gasteiger partial charge in [-0.1, -0.05) is 0 Å². The van der Waals surface area contributed by atoms with Crippen LogP contribution in [-0.4, -0.2) is 71.5 Å². The van der Waals surface area contributed by atoms with E-state index >= 15 is 0 Å². The standard InChI is InChI=1S/C17H27BrN4O3/c1-19-17(20-4-5-22-6-8-25-9-7-22)21-12-13-10-14(18)16(24-3)15(11-13)23-2/h10-11H,4-9,12H2,1-3H3,(H2,19,20,21). The lowest BCUT2D eigenvalue weighted by atomic mass is 10.2. The number of halogens is 1. The Hall–Kier alpha value is -1.51. The summed E-state index contributed by atoms with van der Waals surface area (Å²) in [6, 6.07) is 3.97. The van der Waals surface area contributed by atoms with Crippen molar-refractivity contribution < 1.29 is 14.2 Å². The Bertz CT molecular complexity index is 577. The number of guanidine groups is 1. The zero-order chi connectivity index (χ0) is 18.1. The van der Waals surface area contributed by atoms with Crippen molar-refractivity contribution in [2.45, 2.75) is 6.54 Å². The van der Waals surface area contributed by atoms with Gasteiger partial charge in [0.05, 0.1) is 31.9 Å². The Morgan fingerprint density at radius 1 is 1.24 bits per heavy atom. The summed E-state index contributed by atoms with van der Waals surface area (Å²) in [5, 5.41) is 6.66. The van der Waals surface area contributed by atoms with Crippen molar-refractivity contribution in [1.29, 1.82) is 0 Å². The third-order valence-corrected chi connectivity index (χ3v) is 4.59. The first-order chi connectivity index (χ1) is 12.2. The minimum Gasteiger partial charge on any atom is -0.493 e. The molecule has 25 heavy (non-hydrogen) atoms. The second-order valence-corrected chi connectivity index (χ2v) is 6.47. The van der Waals surface area contributed by atoms with Crippen LogP contribution in [0.15, 0.2) is 21.6 Å². The predicted molar refractivity (Wildman–Crippen MR) is 103 cm³/mol. The van der Waals surface area contributed by atoms with Gasteiger partial charge in [-0.2, -0.15) is 0 Å². The Morgan fingerprint density at radius 3 is 2.64 bits per heavy atom. The van der Waals surface area contributed by atoms with Gasteiger partial charge in [-0.3, -0.25) is 9.89 Å². The minimum absolute atomic E-state index is 0.635. The van der Waals surface area contributed by atoms with Gasteiger partial charge < -0.3 is 24.8 Å². The fraction of sp³-hybridized carbons (Fsp3) is 0.588. The summed E-state index contributed by atoms with van der Waals surface area (Å²) < 4.78 is 16.9. The molecule has 1 heterocycles. The monoisotopic (exact) mass is 414 g/mol. The molecule has 1 aliphatic rings. The van der Waals surface area contributed by atoms with Crippen LogP contribution in [-0.2, 0) is 11.3 Å². The second kappa shape index (κ2) is 10.5. The third-order valence-electron chi connectivity index (χ3n) is 4.00. The number of hydrogen-bond donors (Lipinski definition) is 2. The summed E-state index contributed by atoms with van der Waals surface area (Å²) in [6.45, 7) is 6.08. The van der Waals surface area contributed by atoms with E-state index in [0.29, 0.717) is 18.0 Å². The predicted octanol–water partition coefficient (Wildman–Crippen LogP) is 1.46. The molecule has 0 aromatic heterocycles. The Labute approximate surface area is 157 Å². The zero-order valence-electron chi connectivity index (χ0n) is 15.1. The first-order valence-electron chi connectivity index (χ1n) is 8.33. The van der Waals surface area contributed by atoms with E-state index in [-0.39, 0.29) is 0 Å². The van der Waals surface area contributed by atoms with Crippen LogP contribution < -0.4 is 20.1 Å². The molecule has 0 saturated carbocycles. The van der Waals surface area contributed by atoms with E-state index in [4.69, 9.17) is 14.2 Å². The summed E-state index contributed by atoms with van der Waals surface area (Å²) in [6.07, 6.45) is 0. The van der Waals surface area contributed by atoms with E-state index in [1.165, 1.54) is 0 Å². The summed E-state index contributed by atoms with van der Waals surface area (Å²) in [7, 11) is 5.03. The molecule has 0 spiro atoms. The molecule has 0 radical (unpaired) electrons. The lowest BCUT2D eigenvalue weighted by Gasteiger charge is -2.26. The van der Waals surface area contributed by atoms with Crippen molar-refractivity contribution in [3.05, 3.63) is 22.2 Å². The highest BCUT2D eigenvalue weighted by Crippen LogP contribution is 2.36. The number of aliphatic imine (C=N–C) groups is 1. The Kier molecular flexibility index (Phi) is 8.30. The topological polar surface area (TPSA) is 67.4 Å². The Balaban J connectivity index is 1.82. The van der Waals surface area contributed by atoms with Crippen LogP contribution in [0.3, 0.4) is 0 Å². The van der Waals surface area contributed by atoms with Crippen molar-refractivity contribution in [3.63, 3.8) is 0 Å². The van der Waals surface area contributed by atoms with Gasteiger partial charge in [-0.15, -0.1) is 0 Å². The highest BCUT2D eigenvalue weighted by Gasteiger charge is 2.12. The van der Waals surface area contributed by atoms with Crippen LogP contribution in [0.2, 0.25) is 0 Å². The lowest BCUT2D eigenvalue weighted by Crippen LogP contribution is -2.44. The smallest absolute Gasteiger partial charge is 0.191 e. The van der Waals surface area contributed by atoms with Crippen molar-refractivity contribution in [1.82, 2.24) is 15.5 Å². The van der Waals surface area contributed by atoms with Crippen molar-refractivity contribution in [3.8, 4) is 11.5 Å². The molecule has 0 amide bonds. The number of morpholine rings is 1. The molecule has 0 unspecified atom stereocenters. The van der Waals surface area contributed by atoms with Crippen LogP contribution in [0.5, 0.6) is 11.5 Å². The van der Waals surface area contributed by atoms with E-state index in [1.54, 1.807) is 21.3 Å². The molecule has 1 aromatic rings. The maximum atomic E-state index is 5.38. The largest absolute Gasteiger partial charge is 0.493 e. The van der Waals surface area contributed by atoms with Crippen LogP contribution in [0.4, 0.5) is 0 Å². The fourth-order valence-electron chi connectivity index (χ4n) is 2.64. The SMILES string of the molecule is CN=C(NCCN1CCOCC1)NCc1cc(Br)c(OC)c(OC)c1. The molecule has 1 saturated heterocycles. The van der Waals surface area contributed by atoms with Crippen molar-refractivity contribution in [2.24, 2.45) is 4.99 Å². The lowest BCUT2D eigenvalue weighted by molar-refractivity contribution is 0.0389. The van der Waals surface area contributed by atoms with Gasteiger partial charge in [0.2, 0.25) is 0 Å². The molecule has 0 atom stereocenters. The maximum absolute atomic E-state index is 5.38. The third kappa shape index (κ3) is 6.05. The number of rotatable bonds is 7. The Morgan fingerprint density at radius 2 is 2.00 bits per heavy atom. The van der Waals surface area contributed by atoms with E-state index in [0.717, 1.165) is 55.4 Å². The summed E-state index contributed by atoms with van der Waals surface area (Å²) >= 11 is 3.51. The summed E-state index contributed by atoms with van der Waals surface area (Å²) in [5.41, 5.74) is 1.07. The highest BCUT2D eigenvalue weighted by molar-refractivity contribution is 9.10. The van der Waals surface area contributed by atoms with Gasteiger partial charge in [-0.05, 0) is 33.6 Å². The van der Waals surface area contributed by atoms with Gasteiger partial charge in [0, 0.05) is 39.8 Å². The number of benzene rings is 1. The number of hydrogen-bond acceptors (Lipinski definition) is 5. The number of nitrogens with one attached hydrogen (secondary N) is 2. The van der Waals surface area contributed by atoms with Crippen LogP contribution >= 0.6 is 15.9 Å². The molecule has 1 fully saturated rings. The maximum Gasteiger partial charge on any atom is 0.191 e. The fourth-order valence-corrected chi connectivity index (χ4v) is 3.29. The van der Waals surface area contributed by atoms with Gasteiger partial charge >= 0.3 is 0 Å². The van der Waals surface area contributed by atoms with Crippen LogP contribution in [0.1, 0.15) is 5.56 Å². The van der Waals surface area contributed by atoms with E-state index in [9.17, 15) is 0 Å². The number of ether oxygens (including phenoxy) is 3. The first kappa shape index (κ1) is 19.8. The summed E-state index contributed by atoms with van der Waals surface area (Å²) in [4.78, 5) is 6.65. The van der Waals surface area contributed by atoms with E-state index in [1.807, 2.05) is 12.1 Å².